The van der Waals surface area contributed by atoms with Crippen molar-refractivity contribution < 1.29 is 27.5 Å². The molecule has 0 spiro atoms. The fraction of sp³-hybridized carbons (Fsp3) is 0.700. The van der Waals surface area contributed by atoms with Crippen LogP contribution in [0.4, 0.5) is 0 Å². The molecule has 0 heterocycles. The van der Waals surface area contributed by atoms with Gasteiger partial charge in [0.15, 0.2) is 5.76 Å². The quantitative estimate of drug-likeness (QED) is 0.203. The van der Waals surface area contributed by atoms with Crippen LogP contribution in [-0.4, -0.2) is 49.8 Å². The van der Waals surface area contributed by atoms with Crippen LogP contribution >= 0.6 is 0 Å². The van der Waals surface area contributed by atoms with E-state index in [9.17, 15) is 4.79 Å². The summed E-state index contributed by atoms with van der Waals surface area (Å²) in [7, 11) is 3.41. The number of hydrogen-bond donors (Lipinski definition) is 0. The zero-order valence-electron chi connectivity index (χ0n) is 10.8. The third-order valence-electron chi connectivity index (χ3n) is 2.27. The molecule has 0 aliphatic rings. The van der Waals surface area contributed by atoms with Gasteiger partial charge in [-0.2, -0.15) is 0 Å². The monoisotopic (exact) mass is 264 g/mol. The third kappa shape index (κ3) is 5.31. The molecule has 0 amide bonds. The van der Waals surface area contributed by atoms with Gasteiger partial charge in [0.2, 0.25) is 0 Å². The fourth-order valence-electron chi connectivity index (χ4n) is 1.17. The van der Waals surface area contributed by atoms with E-state index in [4.69, 9.17) is 18.0 Å². The Balaban J connectivity index is 3.91. The van der Waals surface area contributed by atoms with Crippen molar-refractivity contribution in [2.45, 2.75) is 12.5 Å². The molecule has 7 heteroatoms. The lowest BCUT2D eigenvalue weighted by Crippen LogP contribution is -2.42. The van der Waals surface area contributed by atoms with E-state index < -0.39 is 14.8 Å². The van der Waals surface area contributed by atoms with Gasteiger partial charge in [-0.15, -0.1) is 0 Å². The van der Waals surface area contributed by atoms with Crippen LogP contribution in [0.1, 0.15) is 6.42 Å². The largest absolute Gasteiger partial charge is 0.500 e. The number of ether oxygens (including phenoxy) is 2. The average molecular weight is 264 g/mol. The van der Waals surface area contributed by atoms with Gasteiger partial charge in [-0.05, 0) is 13.0 Å². The summed E-state index contributed by atoms with van der Waals surface area (Å²) in [6.45, 7) is 3.63. The smallest absolute Gasteiger partial charge is 0.490 e. The van der Waals surface area contributed by atoms with Gasteiger partial charge >= 0.3 is 14.8 Å². The lowest BCUT2D eigenvalue weighted by Gasteiger charge is -2.24. The number of rotatable bonds is 9. The van der Waals surface area contributed by atoms with Gasteiger partial charge in [-0.25, -0.2) is 4.79 Å². The highest BCUT2D eigenvalue weighted by molar-refractivity contribution is 6.60. The molecule has 0 aliphatic carbocycles. The minimum Gasteiger partial charge on any atom is -0.490 e. The zero-order chi connectivity index (χ0) is 13.3. The van der Waals surface area contributed by atoms with Gasteiger partial charge in [-0.3, -0.25) is 0 Å². The topological polar surface area (TPSA) is 63.2 Å². The van der Waals surface area contributed by atoms with E-state index >= 15 is 0 Å². The molecule has 0 aliphatic heterocycles. The van der Waals surface area contributed by atoms with E-state index in [0.717, 1.165) is 0 Å². The maximum absolute atomic E-state index is 11.2. The summed E-state index contributed by atoms with van der Waals surface area (Å²) >= 11 is 0. The summed E-state index contributed by atoms with van der Waals surface area (Å²) in [5, 5.41) is 0. The van der Waals surface area contributed by atoms with Crippen LogP contribution in [0.25, 0.3) is 0 Å². The van der Waals surface area contributed by atoms with Gasteiger partial charge in [0.05, 0.1) is 13.7 Å². The van der Waals surface area contributed by atoms with Crippen LogP contribution in [0.3, 0.4) is 0 Å². The molecule has 0 N–H and O–H groups in total. The first-order chi connectivity index (χ1) is 8.05. The second-order valence-electron chi connectivity index (χ2n) is 3.16. The van der Waals surface area contributed by atoms with Crippen molar-refractivity contribution >= 4 is 14.8 Å². The van der Waals surface area contributed by atoms with Gasteiger partial charge < -0.3 is 22.8 Å². The van der Waals surface area contributed by atoms with E-state index in [1.54, 1.807) is 0 Å². The van der Waals surface area contributed by atoms with Crippen LogP contribution in [-0.2, 0) is 27.5 Å². The molecule has 0 rings (SSSR count). The lowest BCUT2D eigenvalue weighted by atomic mass is 10.5. The highest BCUT2D eigenvalue weighted by Gasteiger charge is 2.37. The number of carbonyl (C=O) groups excluding carboxylic acids is 1. The highest BCUT2D eigenvalue weighted by Crippen LogP contribution is 2.14. The molecule has 0 aromatic rings. The van der Waals surface area contributed by atoms with Crippen LogP contribution in [0.5, 0.6) is 0 Å². The lowest BCUT2D eigenvalue weighted by molar-refractivity contribution is -0.142. The number of carbonyl (C=O) groups is 1. The van der Waals surface area contributed by atoms with Crippen molar-refractivity contribution in [2.75, 3.05) is 35.0 Å². The van der Waals surface area contributed by atoms with E-state index in [1.165, 1.54) is 28.4 Å². The summed E-state index contributed by atoms with van der Waals surface area (Å²) in [6.07, 6.45) is 0.588. The molecule has 0 bridgehead atoms. The summed E-state index contributed by atoms with van der Waals surface area (Å²) in [6, 6.07) is 0.573. The highest BCUT2D eigenvalue weighted by atomic mass is 28.4. The Morgan fingerprint density at radius 3 is 2.06 bits per heavy atom. The Hall–Kier alpha value is -0.893. The first-order valence-electron chi connectivity index (χ1n) is 5.10. The molecule has 0 aromatic carbocycles. The van der Waals surface area contributed by atoms with Crippen LogP contribution in [0.2, 0.25) is 6.04 Å². The Morgan fingerprint density at radius 1 is 1.12 bits per heavy atom. The second-order valence-corrected chi connectivity index (χ2v) is 6.25. The number of methoxy groups -OCH3 is 1. The molecule has 0 saturated carbocycles. The summed E-state index contributed by atoms with van der Waals surface area (Å²) in [5.41, 5.74) is 0. The van der Waals surface area contributed by atoms with E-state index in [0.29, 0.717) is 12.5 Å². The minimum absolute atomic E-state index is 0.0151. The minimum atomic E-state index is -2.57. The Morgan fingerprint density at radius 2 is 1.65 bits per heavy atom. The molecule has 17 heavy (non-hydrogen) atoms. The van der Waals surface area contributed by atoms with Gasteiger partial charge in [-0.1, -0.05) is 0 Å². The Bertz CT molecular complexity index is 243. The zero-order valence-corrected chi connectivity index (χ0v) is 11.8. The SMILES string of the molecule is C=C(OC)C(=O)OCCC[Si](OC)(OC)OC. The molecular weight excluding hydrogens is 244 g/mol. The van der Waals surface area contributed by atoms with Crippen molar-refractivity contribution in [3.05, 3.63) is 12.3 Å². The molecule has 0 fully saturated rings. The summed E-state index contributed by atoms with van der Waals surface area (Å²) < 4.78 is 25.2. The number of esters is 1. The van der Waals surface area contributed by atoms with Crippen molar-refractivity contribution in [2.24, 2.45) is 0 Å². The standard InChI is InChI=1S/C10H20O6Si/c1-9(12-2)10(11)16-7-6-8-17(13-3,14-4)15-5/h1,6-8H2,2-5H3. The Labute approximate surface area is 103 Å². The molecular formula is C10H20O6Si. The third-order valence-corrected chi connectivity index (χ3v) is 5.10. The first kappa shape index (κ1) is 16.1. The van der Waals surface area contributed by atoms with Crippen molar-refractivity contribution in [1.82, 2.24) is 0 Å². The first-order valence-corrected chi connectivity index (χ1v) is 7.04. The summed E-state index contributed by atoms with van der Waals surface area (Å²) in [4.78, 5) is 11.2. The predicted octanol–water partition coefficient (Wildman–Crippen LogP) is 0.958. The normalized spacial score (nSPS) is 11.1. The van der Waals surface area contributed by atoms with Crippen molar-refractivity contribution in [1.29, 1.82) is 0 Å². The van der Waals surface area contributed by atoms with E-state index in [2.05, 4.69) is 11.3 Å². The van der Waals surface area contributed by atoms with Crippen molar-refractivity contribution in [3.63, 3.8) is 0 Å². The van der Waals surface area contributed by atoms with E-state index in [1.807, 2.05) is 0 Å². The fourth-order valence-corrected chi connectivity index (χ4v) is 2.86. The Kier molecular flexibility index (Phi) is 7.80. The molecule has 0 radical (unpaired) electrons. The molecule has 0 saturated heterocycles. The van der Waals surface area contributed by atoms with E-state index in [-0.39, 0.29) is 12.4 Å². The molecule has 0 unspecified atom stereocenters. The van der Waals surface area contributed by atoms with Gasteiger partial charge in [0, 0.05) is 27.4 Å². The molecule has 0 atom stereocenters. The maximum atomic E-state index is 11.2. The van der Waals surface area contributed by atoms with Crippen LogP contribution < -0.4 is 0 Å². The van der Waals surface area contributed by atoms with Gasteiger partial charge in [0.25, 0.3) is 0 Å². The van der Waals surface area contributed by atoms with Crippen LogP contribution in [0, 0.1) is 0 Å². The van der Waals surface area contributed by atoms with Gasteiger partial charge in [0.1, 0.15) is 0 Å². The second kappa shape index (κ2) is 8.23. The maximum Gasteiger partial charge on any atom is 0.500 e. The van der Waals surface area contributed by atoms with Crippen molar-refractivity contribution in [3.8, 4) is 0 Å². The predicted molar refractivity (Wildman–Crippen MR) is 63.3 cm³/mol. The molecule has 100 valence electrons. The summed E-state index contributed by atoms with van der Waals surface area (Å²) in [5.74, 6) is -0.578. The number of hydrogen-bond acceptors (Lipinski definition) is 6. The van der Waals surface area contributed by atoms with Crippen LogP contribution in [0.15, 0.2) is 12.3 Å². The molecule has 0 aromatic heterocycles. The average Bonchev–Trinajstić information content (AvgIpc) is 2.38. The molecule has 6 nitrogen and oxygen atoms in total.